The molecule has 0 spiro atoms. The minimum atomic E-state index is -1.11. The van der Waals surface area contributed by atoms with Gasteiger partial charge in [-0.25, -0.2) is 0 Å². The van der Waals surface area contributed by atoms with Crippen LogP contribution in [0.3, 0.4) is 0 Å². The minimum absolute atomic E-state index is 0.0241. The number of amides is 1. The Kier molecular flexibility index (Phi) is 7.57. The molecule has 1 amide bonds. The van der Waals surface area contributed by atoms with E-state index < -0.39 is 30.6 Å². The summed E-state index contributed by atoms with van der Waals surface area (Å²) in [5.74, 6) is -1.70. The van der Waals surface area contributed by atoms with E-state index in [1.54, 1.807) is 0 Å². The molecule has 0 aliphatic carbocycles. The lowest BCUT2D eigenvalue weighted by Crippen LogP contribution is -2.42. The van der Waals surface area contributed by atoms with Gasteiger partial charge in [0.1, 0.15) is 12.8 Å². The van der Waals surface area contributed by atoms with Crippen molar-refractivity contribution in [3.8, 4) is 0 Å². The van der Waals surface area contributed by atoms with E-state index in [1.807, 2.05) is 0 Å². The van der Waals surface area contributed by atoms with Crippen LogP contribution >= 0.6 is 0 Å². The number of aliphatic hydroxyl groups is 1. The lowest BCUT2D eigenvalue weighted by atomic mass is 10.0. The summed E-state index contributed by atoms with van der Waals surface area (Å²) in [7, 11) is 0. The first kappa shape index (κ1) is 19.3. The number of carboxylic acid groups (broad SMARTS) is 1. The Morgan fingerprint density at radius 2 is 2.00 bits per heavy atom. The van der Waals surface area contributed by atoms with Gasteiger partial charge in [-0.1, -0.05) is 6.07 Å². The molecule has 4 N–H and O–H groups in total. The van der Waals surface area contributed by atoms with Crippen LogP contribution in [-0.4, -0.2) is 53.4 Å². The zero-order chi connectivity index (χ0) is 18.1. The monoisotopic (exact) mass is 336 g/mol. The first-order chi connectivity index (χ1) is 11.4. The number of benzene rings is 1. The van der Waals surface area contributed by atoms with E-state index >= 15 is 0 Å². The van der Waals surface area contributed by atoms with Crippen LogP contribution in [-0.2, 0) is 9.59 Å². The zero-order valence-corrected chi connectivity index (χ0v) is 13.2. The number of rotatable bonds is 10. The standard InChI is InChI=1S/C16H20N2O6/c1-10(21)13(6-3-7-19)18-16(24)11-4-2-5-14(12(11)9-20)17-8-15(22)23/h2,4-5,7,9-10,13,17,21H,3,6,8H2,1H3,(H,18,24)(H,22,23)/t10-,13?/m0/s1. The number of hydrogen-bond acceptors (Lipinski definition) is 6. The summed E-state index contributed by atoms with van der Waals surface area (Å²) in [4.78, 5) is 44.8. The fourth-order valence-electron chi connectivity index (χ4n) is 2.14. The van der Waals surface area contributed by atoms with Crippen molar-refractivity contribution in [2.45, 2.75) is 31.9 Å². The number of nitrogens with one attached hydrogen (secondary N) is 2. The maximum atomic E-state index is 12.4. The van der Waals surface area contributed by atoms with Gasteiger partial charge in [-0.2, -0.15) is 0 Å². The van der Waals surface area contributed by atoms with Crippen molar-refractivity contribution in [2.24, 2.45) is 0 Å². The Morgan fingerprint density at radius 1 is 1.29 bits per heavy atom. The van der Waals surface area contributed by atoms with Crippen molar-refractivity contribution >= 4 is 30.1 Å². The van der Waals surface area contributed by atoms with Crippen LogP contribution in [0, 0.1) is 0 Å². The molecule has 0 aliphatic rings. The van der Waals surface area contributed by atoms with Gasteiger partial charge in [0.2, 0.25) is 0 Å². The molecule has 1 unspecified atom stereocenters. The molecule has 1 aromatic carbocycles. The van der Waals surface area contributed by atoms with Crippen LogP contribution in [0.5, 0.6) is 0 Å². The lowest BCUT2D eigenvalue weighted by Gasteiger charge is -2.21. The van der Waals surface area contributed by atoms with Gasteiger partial charge in [-0.05, 0) is 25.5 Å². The highest BCUT2D eigenvalue weighted by atomic mass is 16.4. The highest BCUT2D eigenvalue weighted by Gasteiger charge is 2.21. The number of anilines is 1. The van der Waals surface area contributed by atoms with Crippen LogP contribution in [0.2, 0.25) is 0 Å². The van der Waals surface area contributed by atoms with Gasteiger partial charge >= 0.3 is 5.97 Å². The quantitative estimate of drug-likeness (QED) is 0.456. The van der Waals surface area contributed by atoms with Crippen molar-refractivity contribution < 1.29 is 29.4 Å². The SMILES string of the molecule is C[C@H](O)C(CCC=O)NC(=O)c1cccc(NCC(=O)O)c1C=O. The predicted octanol–water partition coefficient (Wildman–Crippen LogP) is 0.454. The van der Waals surface area contributed by atoms with E-state index in [4.69, 9.17) is 5.11 Å². The van der Waals surface area contributed by atoms with Crippen molar-refractivity contribution in [3.63, 3.8) is 0 Å². The van der Waals surface area contributed by atoms with Crippen molar-refractivity contribution in [1.29, 1.82) is 0 Å². The van der Waals surface area contributed by atoms with Crippen LogP contribution in [0.25, 0.3) is 0 Å². The highest BCUT2D eigenvalue weighted by Crippen LogP contribution is 2.18. The number of aliphatic hydroxyl groups excluding tert-OH is 1. The van der Waals surface area contributed by atoms with E-state index in [0.717, 1.165) is 0 Å². The van der Waals surface area contributed by atoms with Crippen molar-refractivity contribution in [3.05, 3.63) is 29.3 Å². The first-order valence-corrected chi connectivity index (χ1v) is 7.37. The van der Waals surface area contributed by atoms with Gasteiger partial charge in [0.25, 0.3) is 5.91 Å². The molecule has 24 heavy (non-hydrogen) atoms. The highest BCUT2D eigenvalue weighted by molar-refractivity contribution is 6.04. The molecule has 0 saturated carbocycles. The third-order valence-electron chi connectivity index (χ3n) is 3.39. The molecule has 0 radical (unpaired) electrons. The average Bonchev–Trinajstić information content (AvgIpc) is 2.55. The van der Waals surface area contributed by atoms with Crippen molar-refractivity contribution in [1.82, 2.24) is 5.32 Å². The second-order valence-electron chi connectivity index (χ2n) is 5.20. The largest absolute Gasteiger partial charge is 0.480 e. The molecular formula is C16H20N2O6. The van der Waals surface area contributed by atoms with Crippen LogP contribution in [0.15, 0.2) is 18.2 Å². The Balaban J connectivity index is 3.00. The van der Waals surface area contributed by atoms with E-state index in [0.29, 0.717) is 12.6 Å². The Labute approximate surface area is 138 Å². The summed E-state index contributed by atoms with van der Waals surface area (Å²) in [6.45, 7) is 1.09. The molecule has 8 heteroatoms. The number of aliphatic carboxylic acids is 1. The summed E-state index contributed by atoms with van der Waals surface area (Å²) in [6, 6.07) is 3.78. The van der Waals surface area contributed by atoms with E-state index in [9.17, 15) is 24.3 Å². The second kappa shape index (κ2) is 9.41. The lowest BCUT2D eigenvalue weighted by molar-refractivity contribution is -0.134. The van der Waals surface area contributed by atoms with Gasteiger partial charge in [-0.15, -0.1) is 0 Å². The van der Waals surface area contributed by atoms with Gasteiger partial charge in [0, 0.05) is 12.1 Å². The molecule has 1 rings (SSSR count). The molecule has 0 aromatic heterocycles. The first-order valence-electron chi connectivity index (χ1n) is 7.37. The maximum Gasteiger partial charge on any atom is 0.322 e. The third kappa shape index (κ3) is 5.47. The molecule has 0 bridgehead atoms. The van der Waals surface area contributed by atoms with Crippen LogP contribution in [0.1, 0.15) is 40.5 Å². The normalized spacial score (nSPS) is 12.8. The number of aldehydes is 2. The van der Waals surface area contributed by atoms with E-state index in [-0.39, 0.29) is 29.7 Å². The van der Waals surface area contributed by atoms with Gasteiger partial charge in [0.15, 0.2) is 6.29 Å². The van der Waals surface area contributed by atoms with Crippen molar-refractivity contribution in [2.75, 3.05) is 11.9 Å². The molecule has 1 aromatic rings. The molecule has 0 saturated heterocycles. The molecule has 0 aliphatic heterocycles. The van der Waals surface area contributed by atoms with Crippen LogP contribution < -0.4 is 10.6 Å². The van der Waals surface area contributed by atoms with Gasteiger partial charge in [-0.3, -0.25) is 14.4 Å². The second-order valence-corrected chi connectivity index (χ2v) is 5.20. The van der Waals surface area contributed by atoms with Gasteiger partial charge < -0.3 is 25.6 Å². The summed E-state index contributed by atoms with van der Waals surface area (Å²) < 4.78 is 0. The third-order valence-corrected chi connectivity index (χ3v) is 3.39. The number of carboxylic acids is 1. The van der Waals surface area contributed by atoms with E-state index in [1.165, 1.54) is 25.1 Å². The molecule has 2 atom stereocenters. The topological polar surface area (TPSA) is 133 Å². The molecule has 0 fully saturated rings. The Hall–Kier alpha value is -2.74. The molecular weight excluding hydrogens is 316 g/mol. The van der Waals surface area contributed by atoms with Crippen LogP contribution in [0.4, 0.5) is 5.69 Å². The summed E-state index contributed by atoms with van der Waals surface area (Å²) in [5, 5.41) is 23.5. The fourth-order valence-corrected chi connectivity index (χ4v) is 2.14. The number of hydrogen-bond donors (Lipinski definition) is 4. The smallest absolute Gasteiger partial charge is 0.322 e. The maximum absolute atomic E-state index is 12.4. The Morgan fingerprint density at radius 3 is 2.54 bits per heavy atom. The minimum Gasteiger partial charge on any atom is -0.480 e. The Bertz CT molecular complexity index is 615. The molecule has 0 heterocycles. The summed E-state index contributed by atoms with van der Waals surface area (Å²) in [5.41, 5.74) is 0.301. The summed E-state index contributed by atoms with van der Waals surface area (Å²) >= 11 is 0. The fraction of sp³-hybridized carbons (Fsp3) is 0.375. The molecule has 130 valence electrons. The predicted molar refractivity (Wildman–Crippen MR) is 86.2 cm³/mol. The summed E-state index contributed by atoms with van der Waals surface area (Å²) in [6.07, 6.45) is 0.718. The number of carbonyl (C=O) groups is 4. The zero-order valence-electron chi connectivity index (χ0n) is 13.2. The number of carbonyl (C=O) groups excluding carboxylic acids is 3. The van der Waals surface area contributed by atoms with Gasteiger partial charge in [0.05, 0.1) is 23.3 Å². The molecule has 8 nitrogen and oxygen atoms in total. The van der Waals surface area contributed by atoms with E-state index in [2.05, 4.69) is 10.6 Å². The average molecular weight is 336 g/mol.